The number of hydrogen-bond acceptors (Lipinski definition) is 3. The Morgan fingerprint density at radius 2 is 2.18 bits per heavy atom. The van der Waals surface area contributed by atoms with E-state index in [1.54, 1.807) is 0 Å². The van der Waals surface area contributed by atoms with Crippen LogP contribution in [0.4, 0.5) is 4.79 Å². The van der Waals surface area contributed by atoms with Crippen molar-refractivity contribution in [3.05, 3.63) is 0 Å². The zero-order valence-electron chi connectivity index (χ0n) is 10.7. The van der Waals surface area contributed by atoms with Crippen LogP contribution >= 0.6 is 0 Å². The molecule has 2 atom stereocenters. The minimum absolute atomic E-state index is 0.0758. The van der Waals surface area contributed by atoms with Gasteiger partial charge in [-0.2, -0.15) is 0 Å². The molecule has 2 amide bonds. The first-order valence-corrected chi connectivity index (χ1v) is 6.16. The molecule has 1 N–H and O–H groups in total. The Hall–Kier alpha value is -1.26. The molecule has 1 saturated heterocycles. The maximum absolute atomic E-state index is 11.5. The third kappa shape index (κ3) is 3.11. The van der Waals surface area contributed by atoms with Crippen molar-refractivity contribution in [2.75, 3.05) is 6.54 Å². The second kappa shape index (κ2) is 4.20. The van der Waals surface area contributed by atoms with Crippen LogP contribution in [0.25, 0.3) is 0 Å². The van der Waals surface area contributed by atoms with Gasteiger partial charge >= 0.3 is 6.09 Å². The first-order chi connectivity index (χ1) is 7.87. The average molecular weight is 240 g/mol. The van der Waals surface area contributed by atoms with Crippen LogP contribution < -0.4 is 5.32 Å². The Kier molecular flexibility index (Phi) is 3.02. The number of carbonyl (C=O) groups is 2. The number of nitrogens with one attached hydrogen (secondary N) is 1. The lowest BCUT2D eigenvalue weighted by molar-refractivity contribution is -0.128. The summed E-state index contributed by atoms with van der Waals surface area (Å²) in [5.41, 5.74) is -0.474. The zero-order valence-corrected chi connectivity index (χ0v) is 10.7. The molecule has 1 aliphatic heterocycles. The highest BCUT2D eigenvalue weighted by atomic mass is 16.6. The molecule has 2 unspecified atom stereocenters. The molecule has 5 nitrogen and oxygen atoms in total. The first-order valence-electron chi connectivity index (χ1n) is 6.16. The maximum atomic E-state index is 11.5. The molecule has 1 saturated carbocycles. The van der Waals surface area contributed by atoms with Crippen LogP contribution in [0.1, 0.15) is 40.0 Å². The highest BCUT2D eigenvalue weighted by molar-refractivity contribution is 5.79. The van der Waals surface area contributed by atoms with Crippen molar-refractivity contribution in [1.82, 2.24) is 10.2 Å². The number of alkyl carbamates (subject to hydrolysis) is 1. The third-order valence-corrected chi connectivity index (χ3v) is 2.97. The van der Waals surface area contributed by atoms with Gasteiger partial charge in [0.25, 0.3) is 0 Å². The van der Waals surface area contributed by atoms with E-state index in [1.165, 1.54) is 0 Å². The van der Waals surface area contributed by atoms with Crippen LogP contribution in [-0.4, -0.2) is 41.1 Å². The Bertz CT molecular complexity index is 335. The molecule has 2 aliphatic rings. The van der Waals surface area contributed by atoms with Crippen LogP contribution in [0.3, 0.4) is 0 Å². The fourth-order valence-electron chi connectivity index (χ4n) is 2.16. The molecule has 5 heteroatoms. The summed E-state index contributed by atoms with van der Waals surface area (Å²) in [6.45, 7) is 6.33. The van der Waals surface area contributed by atoms with Gasteiger partial charge in [-0.05, 0) is 33.6 Å². The summed E-state index contributed by atoms with van der Waals surface area (Å²) in [4.78, 5) is 24.9. The number of likely N-dealkylation sites (tertiary alicyclic amines) is 1. The Balaban J connectivity index is 1.76. The largest absolute Gasteiger partial charge is 0.444 e. The van der Waals surface area contributed by atoms with Crippen molar-refractivity contribution in [3.63, 3.8) is 0 Å². The minimum Gasteiger partial charge on any atom is -0.444 e. The van der Waals surface area contributed by atoms with E-state index < -0.39 is 11.7 Å². The summed E-state index contributed by atoms with van der Waals surface area (Å²) in [7, 11) is 0. The number of rotatable bonds is 2. The minimum atomic E-state index is -0.474. The Morgan fingerprint density at radius 1 is 1.47 bits per heavy atom. The number of amides is 2. The summed E-state index contributed by atoms with van der Waals surface area (Å²) in [6.07, 6.45) is 2.05. The normalized spacial score (nSPS) is 28.2. The lowest BCUT2D eigenvalue weighted by Crippen LogP contribution is -2.38. The highest BCUT2D eigenvalue weighted by Crippen LogP contribution is 2.31. The molecule has 0 aromatic rings. The molecule has 2 fully saturated rings. The van der Waals surface area contributed by atoms with E-state index in [0.717, 1.165) is 19.4 Å². The standard InChI is InChI=1S/C12H20N2O3/c1-12(2,3)17-11(16)13-8-7-9(8)14-6-4-5-10(14)15/h8-9H,4-7H2,1-3H3,(H,13,16). The van der Waals surface area contributed by atoms with Crippen LogP contribution in [0, 0.1) is 0 Å². The SMILES string of the molecule is CC(C)(C)OC(=O)NC1CC1N1CCCC1=O. The van der Waals surface area contributed by atoms with E-state index in [1.807, 2.05) is 25.7 Å². The van der Waals surface area contributed by atoms with Crippen molar-refractivity contribution >= 4 is 12.0 Å². The van der Waals surface area contributed by atoms with E-state index in [9.17, 15) is 9.59 Å². The fourth-order valence-corrected chi connectivity index (χ4v) is 2.16. The van der Waals surface area contributed by atoms with Crippen LogP contribution in [0.2, 0.25) is 0 Å². The predicted molar refractivity (Wildman–Crippen MR) is 62.5 cm³/mol. The monoisotopic (exact) mass is 240 g/mol. The fraction of sp³-hybridized carbons (Fsp3) is 0.833. The van der Waals surface area contributed by atoms with Crippen molar-refractivity contribution in [1.29, 1.82) is 0 Å². The molecule has 17 heavy (non-hydrogen) atoms. The highest BCUT2D eigenvalue weighted by Gasteiger charge is 2.46. The second-order valence-electron chi connectivity index (χ2n) is 5.75. The molecule has 0 bridgehead atoms. The van der Waals surface area contributed by atoms with Crippen molar-refractivity contribution in [3.8, 4) is 0 Å². The Labute approximate surface area is 101 Å². The maximum Gasteiger partial charge on any atom is 0.407 e. The van der Waals surface area contributed by atoms with Gasteiger partial charge in [-0.1, -0.05) is 0 Å². The lowest BCUT2D eigenvalue weighted by atomic mass is 10.2. The number of carbonyl (C=O) groups excluding carboxylic acids is 2. The third-order valence-electron chi connectivity index (χ3n) is 2.97. The predicted octanol–water partition coefficient (Wildman–Crippen LogP) is 1.27. The lowest BCUT2D eigenvalue weighted by Gasteiger charge is -2.20. The molecule has 0 radical (unpaired) electrons. The number of ether oxygens (including phenoxy) is 1. The van der Waals surface area contributed by atoms with E-state index >= 15 is 0 Å². The summed E-state index contributed by atoms with van der Waals surface area (Å²) in [5.74, 6) is 0.212. The molecular formula is C12H20N2O3. The van der Waals surface area contributed by atoms with Gasteiger partial charge in [0.1, 0.15) is 5.60 Å². The number of nitrogens with zero attached hydrogens (tertiary/aromatic N) is 1. The van der Waals surface area contributed by atoms with Crippen LogP contribution in [-0.2, 0) is 9.53 Å². The van der Waals surface area contributed by atoms with Crippen molar-refractivity contribution < 1.29 is 14.3 Å². The van der Waals surface area contributed by atoms with Gasteiger partial charge < -0.3 is 15.0 Å². The van der Waals surface area contributed by atoms with Gasteiger partial charge in [0, 0.05) is 13.0 Å². The second-order valence-corrected chi connectivity index (χ2v) is 5.75. The molecule has 1 heterocycles. The summed E-state index contributed by atoms with van der Waals surface area (Å²) in [5, 5.41) is 2.80. The van der Waals surface area contributed by atoms with Crippen LogP contribution in [0.5, 0.6) is 0 Å². The van der Waals surface area contributed by atoms with E-state index in [2.05, 4.69) is 5.32 Å². The average Bonchev–Trinajstić information content (AvgIpc) is 2.75. The zero-order chi connectivity index (χ0) is 12.6. The summed E-state index contributed by atoms with van der Waals surface area (Å²) < 4.78 is 5.17. The van der Waals surface area contributed by atoms with Crippen molar-refractivity contribution in [2.24, 2.45) is 0 Å². The van der Waals surface area contributed by atoms with Gasteiger partial charge in [0.05, 0.1) is 12.1 Å². The molecule has 0 aromatic carbocycles. The molecule has 0 spiro atoms. The molecular weight excluding hydrogens is 220 g/mol. The van der Waals surface area contributed by atoms with Gasteiger partial charge in [0.2, 0.25) is 5.91 Å². The molecule has 0 aromatic heterocycles. The summed E-state index contributed by atoms with van der Waals surface area (Å²) >= 11 is 0. The first kappa shape index (κ1) is 12.2. The quantitative estimate of drug-likeness (QED) is 0.791. The number of hydrogen-bond donors (Lipinski definition) is 1. The smallest absolute Gasteiger partial charge is 0.407 e. The summed E-state index contributed by atoms with van der Waals surface area (Å²) in [6, 6.07) is 0.268. The molecule has 2 rings (SSSR count). The van der Waals surface area contributed by atoms with Gasteiger partial charge in [-0.3, -0.25) is 4.79 Å². The molecule has 96 valence electrons. The van der Waals surface area contributed by atoms with Gasteiger partial charge in [-0.25, -0.2) is 4.79 Å². The molecule has 1 aliphatic carbocycles. The van der Waals surface area contributed by atoms with E-state index in [0.29, 0.717) is 6.42 Å². The van der Waals surface area contributed by atoms with E-state index in [-0.39, 0.29) is 18.0 Å². The van der Waals surface area contributed by atoms with Crippen molar-refractivity contribution in [2.45, 2.75) is 57.7 Å². The topological polar surface area (TPSA) is 58.6 Å². The van der Waals surface area contributed by atoms with Gasteiger partial charge in [-0.15, -0.1) is 0 Å². The van der Waals surface area contributed by atoms with Crippen LogP contribution in [0.15, 0.2) is 0 Å². The Morgan fingerprint density at radius 3 is 2.71 bits per heavy atom. The van der Waals surface area contributed by atoms with E-state index in [4.69, 9.17) is 4.74 Å². The van der Waals surface area contributed by atoms with Gasteiger partial charge in [0.15, 0.2) is 0 Å².